The van der Waals surface area contributed by atoms with Crippen LogP contribution in [-0.2, 0) is 0 Å². The first-order valence-electron chi connectivity index (χ1n) is 6.04. The van der Waals surface area contributed by atoms with Gasteiger partial charge in [-0.15, -0.1) is 0 Å². The lowest BCUT2D eigenvalue weighted by Crippen LogP contribution is -2.40. The van der Waals surface area contributed by atoms with Crippen LogP contribution in [0.1, 0.15) is 53.9 Å². The van der Waals surface area contributed by atoms with E-state index in [0.717, 1.165) is 18.3 Å². The standard InChI is InChI=1S/C13H26O/c1-6-10-8-12(14)11(7-9(10)2)13(3,4)5/h9-12,14H,6-8H2,1-5H3. The van der Waals surface area contributed by atoms with E-state index < -0.39 is 0 Å². The monoisotopic (exact) mass is 198 g/mol. The molecule has 0 aliphatic heterocycles. The van der Waals surface area contributed by atoms with Gasteiger partial charge >= 0.3 is 0 Å². The minimum absolute atomic E-state index is 0.0730. The minimum atomic E-state index is -0.0730. The van der Waals surface area contributed by atoms with E-state index in [1.165, 1.54) is 12.8 Å². The van der Waals surface area contributed by atoms with Crippen molar-refractivity contribution in [3.63, 3.8) is 0 Å². The van der Waals surface area contributed by atoms with Crippen molar-refractivity contribution < 1.29 is 5.11 Å². The summed E-state index contributed by atoms with van der Waals surface area (Å²) in [5.74, 6) is 2.01. The second-order valence-electron chi connectivity index (χ2n) is 6.16. The first-order chi connectivity index (χ1) is 6.36. The molecule has 1 heteroatoms. The topological polar surface area (TPSA) is 20.2 Å². The second-order valence-corrected chi connectivity index (χ2v) is 6.16. The highest BCUT2D eigenvalue weighted by Gasteiger charge is 2.38. The molecule has 1 nitrogen and oxygen atoms in total. The molecular formula is C13H26O. The van der Waals surface area contributed by atoms with E-state index in [1.54, 1.807) is 0 Å². The number of aliphatic hydroxyl groups excluding tert-OH is 1. The van der Waals surface area contributed by atoms with E-state index in [1.807, 2.05) is 0 Å². The first-order valence-corrected chi connectivity index (χ1v) is 6.04. The Morgan fingerprint density at radius 1 is 1.21 bits per heavy atom. The molecular weight excluding hydrogens is 172 g/mol. The Morgan fingerprint density at radius 2 is 1.79 bits per heavy atom. The molecule has 0 saturated heterocycles. The van der Waals surface area contributed by atoms with Gasteiger partial charge in [0.15, 0.2) is 0 Å². The van der Waals surface area contributed by atoms with Crippen LogP contribution in [0.3, 0.4) is 0 Å². The van der Waals surface area contributed by atoms with Gasteiger partial charge in [-0.2, -0.15) is 0 Å². The van der Waals surface area contributed by atoms with E-state index in [0.29, 0.717) is 5.92 Å². The predicted molar refractivity (Wildman–Crippen MR) is 61.1 cm³/mol. The van der Waals surface area contributed by atoms with E-state index in [-0.39, 0.29) is 11.5 Å². The summed E-state index contributed by atoms with van der Waals surface area (Å²) in [5.41, 5.74) is 0.256. The summed E-state index contributed by atoms with van der Waals surface area (Å²) < 4.78 is 0. The molecule has 0 aromatic heterocycles. The van der Waals surface area contributed by atoms with Crippen molar-refractivity contribution in [3.05, 3.63) is 0 Å². The molecule has 1 aliphatic rings. The maximum absolute atomic E-state index is 10.1. The molecule has 84 valence electrons. The van der Waals surface area contributed by atoms with Crippen LogP contribution in [0, 0.1) is 23.2 Å². The van der Waals surface area contributed by atoms with Crippen molar-refractivity contribution in [3.8, 4) is 0 Å². The van der Waals surface area contributed by atoms with Gasteiger partial charge in [0.05, 0.1) is 6.10 Å². The van der Waals surface area contributed by atoms with Crippen LogP contribution in [0.25, 0.3) is 0 Å². The highest BCUT2D eigenvalue weighted by atomic mass is 16.3. The first kappa shape index (κ1) is 12.0. The molecule has 14 heavy (non-hydrogen) atoms. The number of rotatable bonds is 1. The zero-order chi connectivity index (χ0) is 10.9. The fourth-order valence-electron chi connectivity index (χ4n) is 2.96. The summed E-state index contributed by atoms with van der Waals surface area (Å²) in [6, 6.07) is 0. The van der Waals surface area contributed by atoms with E-state index in [2.05, 4.69) is 34.6 Å². The van der Waals surface area contributed by atoms with Gasteiger partial charge in [-0.3, -0.25) is 0 Å². The Kier molecular flexibility index (Phi) is 3.63. The molecule has 0 spiro atoms. The predicted octanol–water partition coefficient (Wildman–Crippen LogP) is 3.47. The molecule has 0 bridgehead atoms. The zero-order valence-electron chi connectivity index (χ0n) is 10.4. The highest BCUT2D eigenvalue weighted by molar-refractivity contribution is 4.89. The highest BCUT2D eigenvalue weighted by Crippen LogP contribution is 2.43. The van der Waals surface area contributed by atoms with Crippen molar-refractivity contribution in [1.29, 1.82) is 0 Å². The SMILES string of the molecule is CCC1CC(O)C(C(C)(C)C)CC1C. The Bertz CT molecular complexity index is 180. The van der Waals surface area contributed by atoms with E-state index in [9.17, 15) is 5.11 Å². The normalized spacial score (nSPS) is 39.9. The Hall–Kier alpha value is -0.0400. The van der Waals surface area contributed by atoms with Crippen molar-refractivity contribution in [2.45, 2.75) is 60.0 Å². The molecule has 0 heterocycles. The van der Waals surface area contributed by atoms with Crippen molar-refractivity contribution in [2.24, 2.45) is 23.2 Å². The van der Waals surface area contributed by atoms with Gasteiger partial charge < -0.3 is 5.11 Å². The van der Waals surface area contributed by atoms with Gasteiger partial charge in [-0.05, 0) is 36.0 Å². The average Bonchev–Trinajstić information content (AvgIpc) is 2.06. The van der Waals surface area contributed by atoms with Crippen LogP contribution in [0.5, 0.6) is 0 Å². The van der Waals surface area contributed by atoms with Crippen LogP contribution in [0.15, 0.2) is 0 Å². The lowest BCUT2D eigenvalue weighted by atomic mass is 9.64. The summed E-state index contributed by atoms with van der Waals surface area (Å²) in [6.07, 6.45) is 3.36. The third kappa shape index (κ3) is 2.50. The second kappa shape index (κ2) is 4.22. The summed E-state index contributed by atoms with van der Waals surface area (Å²) >= 11 is 0. The van der Waals surface area contributed by atoms with Crippen molar-refractivity contribution in [1.82, 2.24) is 0 Å². The molecule has 0 aromatic rings. The molecule has 4 atom stereocenters. The number of hydrogen-bond acceptors (Lipinski definition) is 1. The smallest absolute Gasteiger partial charge is 0.0576 e. The van der Waals surface area contributed by atoms with Crippen molar-refractivity contribution >= 4 is 0 Å². The molecule has 1 aliphatic carbocycles. The zero-order valence-corrected chi connectivity index (χ0v) is 10.4. The van der Waals surface area contributed by atoms with Gasteiger partial charge in [-0.1, -0.05) is 41.0 Å². The lowest BCUT2D eigenvalue weighted by molar-refractivity contribution is -0.0304. The van der Waals surface area contributed by atoms with Gasteiger partial charge in [0.2, 0.25) is 0 Å². The molecule has 1 fully saturated rings. The van der Waals surface area contributed by atoms with Crippen LogP contribution in [0.2, 0.25) is 0 Å². The molecule has 4 unspecified atom stereocenters. The van der Waals surface area contributed by atoms with Gasteiger partial charge in [-0.25, -0.2) is 0 Å². The number of aliphatic hydroxyl groups is 1. The molecule has 0 amide bonds. The third-order valence-corrected chi connectivity index (χ3v) is 4.08. The Morgan fingerprint density at radius 3 is 2.21 bits per heavy atom. The Balaban J connectivity index is 2.67. The molecule has 0 radical (unpaired) electrons. The van der Waals surface area contributed by atoms with Crippen molar-refractivity contribution in [2.75, 3.05) is 0 Å². The van der Waals surface area contributed by atoms with E-state index in [4.69, 9.17) is 0 Å². The largest absolute Gasteiger partial charge is 0.393 e. The van der Waals surface area contributed by atoms with Crippen LogP contribution >= 0.6 is 0 Å². The minimum Gasteiger partial charge on any atom is -0.393 e. The van der Waals surface area contributed by atoms with Crippen LogP contribution < -0.4 is 0 Å². The molecule has 1 N–H and O–H groups in total. The quantitative estimate of drug-likeness (QED) is 0.684. The van der Waals surface area contributed by atoms with E-state index >= 15 is 0 Å². The Labute approximate surface area is 88.9 Å². The van der Waals surface area contributed by atoms with Gasteiger partial charge in [0, 0.05) is 0 Å². The summed E-state index contributed by atoms with van der Waals surface area (Å²) in [7, 11) is 0. The fraction of sp³-hybridized carbons (Fsp3) is 1.00. The average molecular weight is 198 g/mol. The maximum Gasteiger partial charge on any atom is 0.0576 e. The van der Waals surface area contributed by atoms with Gasteiger partial charge in [0.25, 0.3) is 0 Å². The van der Waals surface area contributed by atoms with Crippen LogP contribution in [0.4, 0.5) is 0 Å². The van der Waals surface area contributed by atoms with Gasteiger partial charge in [0.1, 0.15) is 0 Å². The molecule has 1 saturated carbocycles. The fourth-order valence-corrected chi connectivity index (χ4v) is 2.96. The van der Waals surface area contributed by atoms with Crippen LogP contribution in [-0.4, -0.2) is 11.2 Å². The third-order valence-electron chi connectivity index (χ3n) is 4.08. The number of hydrogen-bond donors (Lipinski definition) is 1. The maximum atomic E-state index is 10.1. The molecule has 0 aromatic carbocycles. The summed E-state index contributed by atoms with van der Waals surface area (Å²) in [5, 5.41) is 10.1. The lowest BCUT2D eigenvalue weighted by Gasteiger charge is -2.43. The molecule has 1 rings (SSSR count). The summed E-state index contributed by atoms with van der Waals surface area (Å²) in [4.78, 5) is 0. The summed E-state index contributed by atoms with van der Waals surface area (Å²) in [6.45, 7) is 11.3.